The summed E-state index contributed by atoms with van der Waals surface area (Å²) in [4.78, 5) is 11.2. The van der Waals surface area contributed by atoms with Crippen molar-refractivity contribution >= 4 is 5.97 Å². The Morgan fingerprint density at radius 1 is 1.33 bits per heavy atom. The van der Waals surface area contributed by atoms with Gasteiger partial charge in [0.2, 0.25) is 0 Å². The molecule has 0 fully saturated rings. The van der Waals surface area contributed by atoms with Gasteiger partial charge < -0.3 is 20.3 Å². The van der Waals surface area contributed by atoms with Crippen LogP contribution in [0.15, 0.2) is 18.2 Å². The second kappa shape index (κ2) is 7.31. The number of benzene rings is 1. The maximum absolute atomic E-state index is 11.2. The van der Waals surface area contributed by atoms with E-state index >= 15 is 0 Å². The molecule has 5 heteroatoms. The second-order valence-corrected chi connectivity index (χ2v) is 5.39. The first kappa shape index (κ1) is 17.3. The van der Waals surface area contributed by atoms with Gasteiger partial charge in [-0.25, -0.2) is 0 Å². The molecule has 0 radical (unpaired) electrons. The molecule has 118 valence electrons. The summed E-state index contributed by atoms with van der Waals surface area (Å²) < 4.78 is 11.1. The van der Waals surface area contributed by atoms with Gasteiger partial charge >= 0.3 is 5.97 Å². The van der Waals surface area contributed by atoms with Crippen molar-refractivity contribution in [2.45, 2.75) is 45.6 Å². The molecule has 0 saturated carbocycles. The summed E-state index contributed by atoms with van der Waals surface area (Å²) >= 11 is 0. The Kier molecular flexibility index (Phi) is 6.03. The Labute approximate surface area is 126 Å². The molecule has 1 rings (SSSR count). The number of hydrogen-bond donors (Lipinski definition) is 2. The van der Waals surface area contributed by atoms with Crippen LogP contribution in [0.25, 0.3) is 0 Å². The van der Waals surface area contributed by atoms with Crippen molar-refractivity contribution in [1.29, 1.82) is 0 Å². The van der Waals surface area contributed by atoms with Crippen molar-refractivity contribution in [3.8, 4) is 11.5 Å². The van der Waals surface area contributed by atoms with Crippen LogP contribution in [0.1, 0.15) is 45.6 Å². The van der Waals surface area contributed by atoms with Crippen molar-refractivity contribution in [3.63, 3.8) is 0 Å². The lowest BCUT2D eigenvalue weighted by Crippen LogP contribution is -2.45. The van der Waals surface area contributed by atoms with Crippen molar-refractivity contribution in [2.24, 2.45) is 5.73 Å². The number of carbonyl (C=O) groups is 1. The lowest BCUT2D eigenvalue weighted by molar-refractivity contribution is -0.143. The summed E-state index contributed by atoms with van der Waals surface area (Å²) in [6, 6.07) is 5.62. The number of ether oxygens (including phenoxy) is 2. The molecule has 5 nitrogen and oxygen atoms in total. The number of nitrogens with two attached hydrogens (primary N) is 1. The van der Waals surface area contributed by atoms with E-state index in [1.807, 2.05) is 39.0 Å². The lowest BCUT2D eigenvalue weighted by Gasteiger charge is -2.25. The Morgan fingerprint density at radius 3 is 2.48 bits per heavy atom. The number of rotatable bonds is 8. The second-order valence-electron chi connectivity index (χ2n) is 5.39. The summed E-state index contributed by atoms with van der Waals surface area (Å²) in [7, 11) is 0. The molecule has 0 heterocycles. The summed E-state index contributed by atoms with van der Waals surface area (Å²) in [5, 5.41) is 9.15. The monoisotopic (exact) mass is 295 g/mol. The Morgan fingerprint density at radius 2 is 1.95 bits per heavy atom. The highest BCUT2D eigenvalue weighted by Crippen LogP contribution is 2.34. The highest BCUT2D eigenvalue weighted by Gasteiger charge is 2.31. The lowest BCUT2D eigenvalue weighted by atomic mass is 9.86. The van der Waals surface area contributed by atoms with Crippen LogP contribution in [0.5, 0.6) is 11.5 Å². The molecule has 21 heavy (non-hydrogen) atoms. The van der Waals surface area contributed by atoms with Gasteiger partial charge in [0, 0.05) is 6.07 Å². The van der Waals surface area contributed by atoms with Crippen molar-refractivity contribution in [2.75, 3.05) is 13.2 Å². The van der Waals surface area contributed by atoms with E-state index in [2.05, 4.69) is 0 Å². The number of aliphatic carboxylic acids is 1. The van der Waals surface area contributed by atoms with Crippen LogP contribution in [0.3, 0.4) is 0 Å². The fourth-order valence-corrected chi connectivity index (χ4v) is 2.29. The normalized spacial score (nSPS) is 15.1. The zero-order chi connectivity index (χ0) is 16.0. The molecule has 2 atom stereocenters. The van der Waals surface area contributed by atoms with Gasteiger partial charge in [0.1, 0.15) is 17.0 Å². The van der Waals surface area contributed by atoms with E-state index in [1.54, 1.807) is 0 Å². The van der Waals surface area contributed by atoms with E-state index in [9.17, 15) is 4.79 Å². The van der Waals surface area contributed by atoms with Gasteiger partial charge in [-0.3, -0.25) is 4.79 Å². The molecule has 0 saturated heterocycles. The topological polar surface area (TPSA) is 81.8 Å². The predicted molar refractivity (Wildman–Crippen MR) is 82.0 cm³/mol. The molecule has 0 aliphatic carbocycles. The van der Waals surface area contributed by atoms with Crippen LogP contribution < -0.4 is 15.2 Å². The number of carboxylic acid groups (broad SMARTS) is 1. The molecule has 0 aliphatic heterocycles. The van der Waals surface area contributed by atoms with E-state index < -0.39 is 11.5 Å². The minimum atomic E-state index is -1.26. The standard InChI is InChI=1S/C16H25NO4/c1-5-20-12-7-8-13(14(9-12)21-6-2)11(3)10-16(4,17)15(18)19/h7-9,11H,5-6,10,17H2,1-4H3,(H,18,19). The Bertz CT molecular complexity index is 485. The zero-order valence-corrected chi connectivity index (χ0v) is 13.2. The van der Waals surface area contributed by atoms with Crippen LogP contribution in [-0.4, -0.2) is 29.8 Å². The van der Waals surface area contributed by atoms with Crippen LogP contribution in [-0.2, 0) is 4.79 Å². The largest absolute Gasteiger partial charge is 0.494 e. The first-order chi connectivity index (χ1) is 9.81. The molecule has 3 N–H and O–H groups in total. The summed E-state index contributed by atoms with van der Waals surface area (Å²) in [5.41, 5.74) is 5.51. The molecular weight excluding hydrogens is 270 g/mol. The average molecular weight is 295 g/mol. The van der Waals surface area contributed by atoms with Gasteiger partial charge in [0.25, 0.3) is 0 Å². The van der Waals surface area contributed by atoms with E-state index in [-0.39, 0.29) is 5.92 Å². The van der Waals surface area contributed by atoms with Crippen LogP contribution >= 0.6 is 0 Å². The molecule has 0 spiro atoms. The number of carboxylic acids is 1. The van der Waals surface area contributed by atoms with Gasteiger partial charge in [0.05, 0.1) is 13.2 Å². The first-order valence-electron chi connectivity index (χ1n) is 7.23. The van der Waals surface area contributed by atoms with Gasteiger partial charge in [-0.1, -0.05) is 13.0 Å². The Hall–Kier alpha value is -1.75. The maximum Gasteiger partial charge on any atom is 0.323 e. The molecule has 2 unspecified atom stereocenters. The quantitative estimate of drug-likeness (QED) is 0.770. The molecule has 0 bridgehead atoms. The van der Waals surface area contributed by atoms with E-state index in [1.165, 1.54) is 6.92 Å². The number of hydrogen-bond acceptors (Lipinski definition) is 4. The van der Waals surface area contributed by atoms with Crippen molar-refractivity contribution in [3.05, 3.63) is 23.8 Å². The maximum atomic E-state index is 11.2. The van der Waals surface area contributed by atoms with Crippen LogP contribution in [0.4, 0.5) is 0 Å². The van der Waals surface area contributed by atoms with Gasteiger partial charge in [0.15, 0.2) is 0 Å². The molecule has 0 aromatic heterocycles. The minimum absolute atomic E-state index is 0.0340. The van der Waals surface area contributed by atoms with Gasteiger partial charge in [-0.2, -0.15) is 0 Å². The van der Waals surface area contributed by atoms with Gasteiger partial charge in [-0.05, 0) is 44.7 Å². The molecule has 1 aromatic carbocycles. The molecular formula is C16H25NO4. The van der Waals surface area contributed by atoms with E-state index in [0.717, 1.165) is 17.1 Å². The molecule has 0 aliphatic rings. The SMILES string of the molecule is CCOc1ccc(C(C)CC(C)(N)C(=O)O)c(OCC)c1. The predicted octanol–water partition coefficient (Wildman–Crippen LogP) is 2.78. The third kappa shape index (κ3) is 4.63. The highest BCUT2D eigenvalue weighted by atomic mass is 16.5. The highest BCUT2D eigenvalue weighted by molar-refractivity contribution is 5.78. The smallest absolute Gasteiger partial charge is 0.323 e. The average Bonchev–Trinajstić information content (AvgIpc) is 2.39. The third-order valence-corrected chi connectivity index (χ3v) is 3.35. The third-order valence-electron chi connectivity index (χ3n) is 3.35. The van der Waals surface area contributed by atoms with Crippen molar-refractivity contribution in [1.82, 2.24) is 0 Å². The zero-order valence-electron chi connectivity index (χ0n) is 13.2. The first-order valence-corrected chi connectivity index (χ1v) is 7.23. The van der Waals surface area contributed by atoms with E-state index in [0.29, 0.717) is 19.6 Å². The minimum Gasteiger partial charge on any atom is -0.494 e. The molecule has 1 aromatic rings. The van der Waals surface area contributed by atoms with Crippen molar-refractivity contribution < 1.29 is 19.4 Å². The van der Waals surface area contributed by atoms with E-state index in [4.69, 9.17) is 20.3 Å². The summed E-state index contributed by atoms with van der Waals surface area (Å²) in [6.45, 7) is 8.43. The van der Waals surface area contributed by atoms with Crippen LogP contribution in [0.2, 0.25) is 0 Å². The summed E-state index contributed by atoms with van der Waals surface area (Å²) in [6.07, 6.45) is 0.330. The Balaban J connectivity index is 3.02. The summed E-state index contributed by atoms with van der Waals surface area (Å²) in [5.74, 6) is 0.425. The fraction of sp³-hybridized carbons (Fsp3) is 0.562. The van der Waals surface area contributed by atoms with Gasteiger partial charge in [-0.15, -0.1) is 0 Å². The van der Waals surface area contributed by atoms with Crippen LogP contribution in [0, 0.1) is 0 Å². The molecule has 0 amide bonds. The fourth-order valence-electron chi connectivity index (χ4n) is 2.29.